The van der Waals surface area contributed by atoms with Gasteiger partial charge in [-0.05, 0) is 291 Å². The van der Waals surface area contributed by atoms with Crippen LogP contribution in [-0.2, 0) is 35.2 Å². The number of rotatable bonds is 5. The van der Waals surface area contributed by atoms with Crippen LogP contribution in [0.1, 0.15) is 168 Å². The molecule has 10 rings (SSSR count). The number of hydrogen-bond acceptors (Lipinski definition) is 0. The largest absolute Gasteiger partial charge is 0.213 e. The SMILES string of the molecule is Cc1cc(C)c(-c2cc(C)c(C)c[n+]2C)c(C)c1.Cc1cc(C)c(-c2cc(C)c(C)c[n+]2C)cc1C.[2H]C([2H])([2H])c1c[n+](C)c(-c2ccc(C([2H])([2H])[2H])c(C([2H])([2H])[2H])c2C)cc1C.[2H]C([2H])([2H])c1cc(C)c(-c2cc(C)c(C([2H])([2H])[2H])c[n+]2C)c(C)c1.[2H]C([2H])([2H])c1cc(C)c(-c2cc(C)c(C([2H])([2H])[2H])c[n+]2C)cc1C. The van der Waals surface area contributed by atoms with Gasteiger partial charge in [0.05, 0.1) is 11.1 Å². The maximum atomic E-state index is 7.81. The highest BCUT2D eigenvalue weighted by molar-refractivity contribution is 5.69. The smallest absolute Gasteiger partial charge is 0.201 e. The first-order chi connectivity index (χ1) is 50.5. The van der Waals surface area contributed by atoms with Crippen LogP contribution in [0.3, 0.4) is 0 Å². The van der Waals surface area contributed by atoms with Crippen molar-refractivity contribution in [3.8, 4) is 56.3 Å². The van der Waals surface area contributed by atoms with Crippen LogP contribution in [0.15, 0.2) is 122 Å². The van der Waals surface area contributed by atoms with Gasteiger partial charge >= 0.3 is 0 Å². The number of aryl methyl sites for hydroxylation is 28. The van der Waals surface area contributed by atoms with Crippen LogP contribution in [0.4, 0.5) is 0 Å². The van der Waals surface area contributed by atoms with Crippen molar-refractivity contribution in [3.05, 3.63) is 261 Å². The average molecular weight is 1220 g/mol. The van der Waals surface area contributed by atoms with E-state index in [0.29, 0.717) is 61.3 Å². The summed E-state index contributed by atoms with van der Waals surface area (Å²) in [5.74, 6) is 0. The molecular weight excluding hydrogens is 1090 g/mol. The van der Waals surface area contributed by atoms with Crippen LogP contribution < -0.4 is 22.8 Å². The summed E-state index contributed by atoms with van der Waals surface area (Å²) in [5, 5.41) is 0. The maximum absolute atomic E-state index is 7.81. The number of pyridine rings is 5. The van der Waals surface area contributed by atoms with Gasteiger partial charge in [-0.25, -0.2) is 22.8 Å². The lowest BCUT2D eigenvalue weighted by molar-refractivity contribution is -0.660. The Morgan fingerprint density at radius 2 is 0.511 bits per heavy atom. The van der Waals surface area contributed by atoms with Crippen molar-refractivity contribution >= 4 is 0 Å². The number of benzene rings is 5. The first kappa shape index (κ1) is 46.0. The summed E-state index contributed by atoms with van der Waals surface area (Å²) in [4.78, 5) is 0. The predicted octanol–water partition coefficient (Wildman–Crippen LogP) is 18.6. The Morgan fingerprint density at radius 3 is 0.889 bits per heavy atom. The van der Waals surface area contributed by atoms with Gasteiger partial charge in [0.25, 0.3) is 0 Å². The molecule has 5 nitrogen and oxygen atoms in total. The van der Waals surface area contributed by atoms with Crippen LogP contribution >= 0.6 is 0 Å². The molecule has 0 atom stereocenters. The molecule has 10 aromatic rings. The molecule has 0 aliphatic carbocycles. The Balaban J connectivity index is 0.000000218. The summed E-state index contributed by atoms with van der Waals surface area (Å²) < 4.78 is 170. The Hall–Kier alpha value is -8.15. The van der Waals surface area contributed by atoms with Crippen LogP contribution in [0.25, 0.3) is 56.3 Å². The zero-order valence-electron chi connectivity index (χ0n) is 78.8. The first-order valence-electron chi connectivity index (χ1n) is 41.0. The van der Waals surface area contributed by atoms with Crippen LogP contribution in [0.5, 0.6) is 0 Å². The third kappa shape index (κ3) is 16.6. The van der Waals surface area contributed by atoms with E-state index in [0.717, 1.165) is 39.2 Å². The van der Waals surface area contributed by atoms with E-state index >= 15 is 0 Å². The molecule has 5 aromatic carbocycles. The Bertz CT molecular complexity index is 4990. The summed E-state index contributed by atoms with van der Waals surface area (Å²) in [6, 6.07) is 28.9. The van der Waals surface area contributed by atoms with Gasteiger partial charge in [0.2, 0.25) is 28.5 Å². The molecular formula is C85H110N5+5. The van der Waals surface area contributed by atoms with Gasteiger partial charge in [-0.1, -0.05) is 53.6 Å². The van der Waals surface area contributed by atoms with Gasteiger partial charge in [0.1, 0.15) is 35.2 Å². The van der Waals surface area contributed by atoms with Crippen molar-refractivity contribution in [1.82, 2.24) is 0 Å². The molecule has 90 heavy (non-hydrogen) atoms. The molecule has 0 bridgehead atoms. The summed E-state index contributed by atoms with van der Waals surface area (Å²) in [5.41, 5.74) is 30.2. The molecule has 5 aromatic heterocycles. The standard InChI is InChI=1S/5C17H22N/c2*1-11-7-14(4)16(8-12(11)2)17-9-13(3)15(5)10-18(17)6;2*1-11-7-13(3)17(14(4)8-11)16-9-12(2)15(5)10-18(16)6;1-11-7-8-16(15(5)14(11)4)17-9-12(2)13(3)10-18(17)6/h5*7-10H,1-6H3/q5*+1/i1D3,5D3;;1D3,5D3;;1D3,3D3,4D3. The van der Waals surface area contributed by atoms with Gasteiger partial charge in [-0.2, -0.15) is 0 Å². The van der Waals surface area contributed by atoms with Crippen molar-refractivity contribution in [1.29, 1.82) is 0 Å². The molecule has 0 saturated carbocycles. The minimum Gasteiger partial charge on any atom is -0.201 e. The minimum atomic E-state index is -2.59. The summed E-state index contributed by atoms with van der Waals surface area (Å²) in [7, 11) is 9.53. The van der Waals surface area contributed by atoms with Gasteiger partial charge in [0, 0.05) is 104 Å². The van der Waals surface area contributed by atoms with Crippen LogP contribution in [0, 0.1) is 173 Å². The highest BCUT2D eigenvalue weighted by Crippen LogP contribution is 2.31. The molecule has 0 aliphatic rings. The predicted molar refractivity (Wildman–Crippen MR) is 384 cm³/mol. The molecule has 0 unspecified atom stereocenters. The van der Waals surface area contributed by atoms with Crippen molar-refractivity contribution < 1.29 is 51.6 Å². The second-order valence-corrected chi connectivity index (χ2v) is 25.0. The lowest BCUT2D eigenvalue weighted by Gasteiger charge is -2.11. The van der Waals surface area contributed by atoms with E-state index in [2.05, 4.69) is 141 Å². The van der Waals surface area contributed by atoms with E-state index in [-0.39, 0.29) is 16.7 Å². The first-order valence-corrected chi connectivity index (χ1v) is 30.5. The topological polar surface area (TPSA) is 19.4 Å². The average Bonchev–Trinajstić information content (AvgIpc) is 0.748. The van der Waals surface area contributed by atoms with Gasteiger partial charge in [-0.15, -0.1) is 0 Å². The molecule has 0 radical (unpaired) electrons. The Kier molecular flexibility index (Phi) is 15.2. The third-order valence-electron chi connectivity index (χ3n) is 17.4. The van der Waals surface area contributed by atoms with E-state index in [9.17, 15) is 0 Å². The minimum absolute atomic E-state index is 0.183. The van der Waals surface area contributed by atoms with E-state index < -0.39 is 48.0 Å². The van der Waals surface area contributed by atoms with Crippen LogP contribution in [-0.4, -0.2) is 0 Å². The summed E-state index contributed by atoms with van der Waals surface area (Å²) in [6.07, 6.45) is 9.19. The molecule has 0 fully saturated rings. The van der Waals surface area contributed by atoms with E-state index in [1.54, 1.807) is 112 Å². The lowest BCUT2D eigenvalue weighted by atomic mass is 9.95. The number of nitrogens with zero attached hydrogens (tertiary/aromatic N) is 5. The summed E-state index contributed by atoms with van der Waals surface area (Å²) >= 11 is 0. The maximum Gasteiger partial charge on any atom is 0.213 e. The fourth-order valence-electron chi connectivity index (χ4n) is 11.6. The molecule has 0 saturated heterocycles. The van der Waals surface area contributed by atoms with Crippen molar-refractivity contribution in [2.75, 3.05) is 0 Å². The number of aromatic nitrogens is 5. The van der Waals surface area contributed by atoms with Crippen molar-refractivity contribution in [3.63, 3.8) is 0 Å². The molecule has 5 heteroatoms. The second kappa shape index (κ2) is 29.7. The van der Waals surface area contributed by atoms with Crippen molar-refractivity contribution in [2.24, 2.45) is 35.2 Å². The molecule has 0 spiro atoms. The monoisotopic (exact) mass is 1220 g/mol. The Morgan fingerprint density at radius 1 is 0.211 bits per heavy atom. The van der Waals surface area contributed by atoms with Gasteiger partial charge in [-0.3, -0.25) is 0 Å². The molecule has 5 heterocycles. The van der Waals surface area contributed by atoms with Gasteiger partial charge in [0.15, 0.2) is 31.0 Å². The molecule has 0 amide bonds. The van der Waals surface area contributed by atoms with E-state index in [4.69, 9.17) is 28.8 Å². The highest BCUT2D eigenvalue weighted by Gasteiger charge is 2.21. The number of hydrogen-bond donors (Lipinski definition) is 0. The summed E-state index contributed by atoms with van der Waals surface area (Å²) in [6.45, 7) is 20.0. The Labute approximate surface area is 575 Å². The highest BCUT2D eigenvalue weighted by atomic mass is 14.9. The van der Waals surface area contributed by atoms with E-state index in [1.165, 1.54) is 90.4 Å². The third-order valence-corrected chi connectivity index (χ3v) is 17.4. The van der Waals surface area contributed by atoms with E-state index in [1.807, 2.05) is 39.0 Å². The fourth-order valence-corrected chi connectivity index (χ4v) is 11.6. The van der Waals surface area contributed by atoms with Crippen molar-refractivity contribution in [2.45, 2.75) is 173 Å². The zero-order chi connectivity index (χ0) is 84.7. The van der Waals surface area contributed by atoms with Crippen LogP contribution in [0.2, 0.25) is 0 Å². The lowest BCUT2D eigenvalue weighted by Crippen LogP contribution is -2.31. The molecule has 470 valence electrons. The fraction of sp³-hybridized carbons (Fsp3) is 0.353. The molecule has 0 N–H and O–H groups in total. The molecule has 0 aliphatic heterocycles. The quantitative estimate of drug-likeness (QED) is 0.153. The second-order valence-electron chi connectivity index (χ2n) is 25.0. The zero-order valence-corrected chi connectivity index (χ0v) is 57.8. The van der Waals surface area contributed by atoms with Gasteiger partial charge < -0.3 is 0 Å². The normalized spacial score (nSPS) is 15.2.